The Morgan fingerprint density at radius 3 is 2.62 bits per heavy atom. The van der Waals surface area contributed by atoms with Crippen LogP contribution in [0.15, 0.2) is 41.8 Å². The third-order valence-corrected chi connectivity index (χ3v) is 6.17. The van der Waals surface area contributed by atoms with E-state index in [-0.39, 0.29) is 17.7 Å². The van der Waals surface area contributed by atoms with E-state index in [1.165, 1.54) is 10.4 Å². The van der Waals surface area contributed by atoms with Gasteiger partial charge in [0.25, 0.3) is 0 Å². The molecule has 1 saturated heterocycles. The minimum absolute atomic E-state index is 0.0551. The number of benzene rings is 1. The van der Waals surface area contributed by atoms with Crippen LogP contribution in [0.3, 0.4) is 0 Å². The first-order valence-corrected chi connectivity index (χ1v) is 10.3. The van der Waals surface area contributed by atoms with Gasteiger partial charge in [0.15, 0.2) is 0 Å². The number of amides is 2. The average molecular weight is 369 g/mol. The molecule has 1 aromatic heterocycles. The average Bonchev–Trinajstić information content (AvgIpc) is 3.23. The van der Waals surface area contributed by atoms with Crippen LogP contribution >= 0.6 is 11.3 Å². The van der Waals surface area contributed by atoms with Gasteiger partial charge in [0.2, 0.25) is 11.8 Å². The van der Waals surface area contributed by atoms with Crippen molar-refractivity contribution < 1.29 is 9.59 Å². The Morgan fingerprint density at radius 2 is 2.00 bits per heavy atom. The van der Waals surface area contributed by atoms with Gasteiger partial charge in [-0.25, -0.2) is 0 Å². The molecule has 0 N–H and O–H groups in total. The second-order valence-electron chi connectivity index (χ2n) is 7.20. The predicted octanol–water partition coefficient (Wildman–Crippen LogP) is 3.85. The lowest BCUT2D eigenvalue weighted by Gasteiger charge is -2.25. The summed E-state index contributed by atoms with van der Waals surface area (Å²) in [5.41, 5.74) is 2.16. The smallest absolute Gasteiger partial charge is 0.228 e. The van der Waals surface area contributed by atoms with Gasteiger partial charge >= 0.3 is 0 Å². The molecule has 1 aliphatic carbocycles. The van der Waals surface area contributed by atoms with Crippen LogP contribution in [0, 0.1) is 5.92 Å². The lowest BCUT2D eigenvalue weighted by Crippen LogP contribution is -2.38. The Balaban J connectivity index is 1.47. The van der Waals surface area contributed by atoms with Crippen LogP contribution < -0.4 is 4.90 Å². The van der Waals surface area contributed by atoms with Gasteiger partial charge in [-0.1, -0.05) is 25.1 Å². The van der Waals surface area contributed by atoms with Crippen molar-refractivity contribution in [2.45, 2.75) is 45.2 Å². The maximum absolute atomic E-state index is 13.1. The van der Waals surface area contributed by atoms with E-state index in [0.29, 0.717) is 25.6 Å². The molecule has 1 atom stereocenters. The maximum Gasteiger partial charge on any atom is 0.228 e. The van der Waals surface area contributed by atoms with Gasteiger partial charge in [-0.2, -0.15) is 0 Å². The fourth-order valence-electron chi connectivity index (χ4n) is 3.61. The topological polar surface area (TPSA) is 40.6 Å². The second kappa shape index (κ2) is 7.23. The largest absolute Gasteiger partial charge is 0.334 e. The molecular formula is C21H24N2O2S. The van der Waals surface area contributed by atoms with E-state index in [1.807, 2.05) is 28.5 Å². The van der Waals surface area contributed by atoms with Crippen LogP contribution in [0.25, 0.3) is 0 Å². The minimum atomic E-state index is -0.228. The van der Waals surface area contributed by atoms with Crippen molar-refractivity contribution in [3.05, 3.63) is 52.2 Å². The standard InChI is InChI=1S/C21H24N2O2S/c1-2-15-5-7-17(8-6-15)22-13-16(12-20(22)24)21(25)23(18-9-10-18)14-19-4-3-11-26-19/h3-8,11,16,18H,2,9-10,12-14H2,1H3. The Bertz CT molecular complexity index is 781. The number of hydrogen-bond acceptors (Lipinski definition) is 3. The highest BCUT2D eigenvalue weighted by Crippen LogP contribution is 2.33. The van der Waals surface area contributed by atoms with Gasteiger partial charge in [0.1, 0.15) is 0 Å². The number of rotatable bonds is 6. The quantitative estimate of drug-likeness (QED) is 0.777. The zero-order valence-corrected chi connectivity index (χ0v) is 15.9. The molecule has 4 nitrogen and oxygen atoms in total. The van der Waals surface area contributed by atoms with Crippen molar-refractivity contribution in [1.29, 1.82) is 0 Å². The third kappa shape index (κ3) is 3.54. The first-order valence-electron chi connectivity index (χ1n) is 9.38. The number of aryl methyl sites for hydroxylation is 1. The van der Waals surface area contributed by atoms with E-state index in [0.717, 1.165) is 24.9 Å². The van der Waals surface area contributed by atoms with E-state index in [4.69, 9.17) is 0 Å². The van der Waals surface area contributed by atoms with Crippen molar-refractivity contribution in [3.63, 3.8) is 0 Å². The fraction of sp³-hybridized carbons (Fsp3) is 0.429. The molecule has 2 fully saturated rings. The van der Waals surface area contributed by atoms with Crippen LogP contribution in [0.1, 0.15) is 36.6 Å². The van der Waals surface area contributed by atoms with E-state index in [9.17, 15) is 9.59 Å². The molecule has 0 spiro atoms. The molecule has 5 heteroatoms. The van der Waals surface area contributed by atoms with Crippen LogP contribution in [-0.4, -0.2) is 29.3 Å². The number of anilines is 1. The molecule has 4 rings (SSSR count). The summed E-state index contributed by atoms with van der Waals surface area (Å²) < 4.78 is 0. The molecule has 136 valence electrons. The van der Waals surface area contributed by atoms with Crippen LogP contribution in [0.2, 0.25) is 0 Å². The summed E-state index contributed by atoms with van der Waals surface area (Å²) in [5.74, 6) is -0.0321. The summed E-state index contributed by atoms with van der Waals surface area (Å²) in [6.07, 6.45) is 3.47. The first-order chi connectivity index (χ1) is 12.7. The molecule has 1 aromatic carbocycles. The lowest BCUT2D eigenvalue weighted by molar-refractivity contribution is -0.137. The molecule has 2 aromatic rings. The first kappa shape index (κ1) is 17.3. The van der Waals surface area contributed by atoms with Gasteiger partial charge in [0, 0.05) is 29.6 Å². The number of nitrogens with zero attached hydrogens (tertiary/aromatic N) is 2. The number of hydrogen-bond donors (Lipinski definition) is 0. The van der Waals surface area contributed by atoms with Gasteiger partial charge < -0.3 is 9.80 Å². The summed E-state index contributed by atoms with van der Waals surface area (Å²) in [7, 11) is 0. The van der Waals surface area contributed by atoms with Gasteiger partial charge in [-0.05, 0) is 48.4 Å². The molecule has 1 aliphatic heterocycles. The second-order valence-corrected chi connectivity index (χ2v) is 8.23. The summed E-state index contributed by atoms with van der Waals surface area (Å²) in [6, 6.07) is 12.6. The number of carbonyl (C=O) groups excluding carboxylic acids is 2. The zero-order chi connectivity index (χ0) is 18.1. The van der Waals surface area contributed by atoms with E-state index >= 15 is 0 Å². The van der Waals surface area contributed by atoms with E-state index in [2.05, 4.69) is 25.1 Å². The molecule has 0 bridgehead atoms. The predicted molar refractivity (Wildman–Crippen MR) is 104 cm³/mol. The van der Waals surface area contributed by atoms with Crippen molar-refractivity contribution in [1.82, 2.24) is 4.90 Å². The number of carbonyl (C=O) groups is 2. The summed E-state index contributed by atoms with van der Waals surface area (Å²) in [6.45, 7) is 3.29. The molecule has 2 aliphatic rings. The van der Waals surface area contributed by atoms with Crippen molar-refractivity contribution >= 4 is 28.8 Å². The van der Waals surface area contributed by atoms with Crippen molar-refractivity contribution in [2.24, 2.45) is 5.92 Å². The summed E-state index contributed by atoms with van der Waals surface area (Å²) >= 11 is 1.69. The molecule has 2 heterocycles. The summed E-state index contributed by atoms with van der Waals surface area (Å²) in [5, 5.41) is 2.05. The minimum Gasteiger partial charge on any atom is -0.334 e. The zero-order valence-electron chi connectivity index (χ0n) is 15.1. The Kier molecular flexibility index (Phi) is 4.81. The lowest BCUT2D eigenvalue weighted by atomic mass is 10.1. The Hall–Kier alpha value is -2.14. The van der Waals surface area contributed by atoms with Crippen LogP contribution in [0.5, 0.6) is 0 Å². The van der Waals surface area contributed by atoms with Crippen molar-refractivity contribution in [3.8, 4) is 0 Å². The highest BCUT2D eigenvalue weighted by molar-refractivity contribution is 7.09. The van der Waals surface area contributed by atoms with Gasteiger partial charge in [-0.15, -0.1) is 11.3 Å². The molecule has 0 radical (unpaired) electrons. The normalized spacial score (nSPS) is 19.8. The number of thiophene rings is 1. The summed E-state index contributed by atoms with van der Waals surface area (Å²) in [4.78, 5) is 30.6. The highest BCUT2D eigenvalue weighted by atomic mass is 32.1. The molecule has 1 saturated carbocycles. The van der Waals surface area contributed by atoms with Gasteiger partial charge in [0.05, 0.1) is 12.5 Å². The molecule has 2 amide bonds. The van der Waals surface area contributed by atoms with E-state index < -0.39 is 0 Å². The molecule has 26 heavy (non-hydrogen) atoms. The van der Waals surface area contributed by atoms with Gasteiger partial charge in [-0.3, -0.25) is 9.59 Å². The fourth-order valence-corrected chi connectivity index (χ4v) is 4.31. The Labute approximate surface area is 158 Å². The van der Waals surface area contributed by atoms with Crippen LogP contribution in [0.4, 0.5) is 5.69 Å². The Morgan fingerprint density at radius 1 is 1.23 bits per heavy atom. The van der Waals surface area contributed by atoms with E-state index in [1.54, 1.807) is 16.2 Å². The molecule has 1 unspecified atom stereocenters. The maximum atomic E-state index is 13.1. The van der Waals surface area contributed by atoms with Crippen LogP contribution in [-0.2, 0) is 22.6 Å². The third-order valence-electron chi connectivity index (χ3n) is 5.31. The molecular weight excluding hydrogens is 344 g/mol. The van der Waals surface area contributed by atoms with Crippen molar-refractivity contribution in [2.75, 3.05) is 11.4 Å². The highest BCUT2D eigenvalue weighted by Gasteiger charge is 2.41. The monoisotopic (exact) mass is 368 g/mol. The SMILES string of the molecule is CCc1ccc(N2CC(C(=O)N(Cc3cccs3)C3CC3)CC2=O)cc1.